The van der Waals surface area contributed by atoms with Crippen molar-refractivity contribution in [2.75, 3.05) is 32.1 Å². The topological polar surface area (TPSA) is 123 Å². The zero-order valence-electron chi connectivity index (χ0n) is 16.7. The van der Waals surface area contributed by atoms with Crippen molar-refractivity contribution < 1.29 is 27.3 Å². The first kappa shape index (κ1) is 21.8. The number of benzene rings is 1. The van der Waals surface area contributed by atoms with Gasteiger partial charge in [-0.15, -0.1) is 0 Å². The molecule has 0 spiro atoms. The molecule has 10 nitrogen and oxygen atoms in total. The molecule has 1 aromatic carbocycles. The molecule has 1 aliphatic rings. The van der Waals surface area contributed by atoms with E-state index in [9.17, 15) is 23.3 Å². The number of carbonyl (C=O) groups is 1. The van der Waals surface area contributed by atoms with Crippen molar-refractivity contribution in [3.8, 4) is 0 Å². The molecule has 0 radical (unpaired) electrons. The Morgan fingerprint density at radius 3 is 2.53 bits per heavy atom. The van der Waals surface area contributed by atoms with Gasteiger partial charge in [0.1, 0.15) is 18.1 Å². The van der Waals surface area contributed by atoms with Crippen molar-refractivity contribution >= 4 is 27.4 Å². The van der Waals surface area contributed by atoms with Gasteiger partial charge >= 0.3 is 5.97 Å². The van der Waals surface area contributed by atoms with E-state index < -0.39 is 20.9 Å². The first-order valence-electron chi connectivity index (χ1n) is 9.36. The Hall–Kier alpha value is -2.92. The number of ether oxygens (including phenoxy) is 1. The van der Waals surface area contributed by atoms with Crippen LogP contribution in [0.25, 0.3) is 0 Å². The Balaban J connectivity index is 1.54. The predicted molar refractivity (Wildman–Crippen MR) is 107 cm³/mol. The number of carbonyl (C=O) groups excluding carboxylic acids is 1. The van der Waals surface area contributed by atoms with Crippen LogP contribution in [0.5, 0.6) is 0 Å². The molecule has 0 aliphatic carbocycles. The summed E-state index contributed by atoms with van der Waals surface area (Å²) in [5, 5.41) is 11.0. The van der Waals surface area contributed by atoms with Crippen LogP contribution < -0.4 is 4.90 Å². The number of nitro groups is 1. The fourth-order valence-corrected chi connectivity index (χ4v) is 4.07. The van der Waals surface area contributed by atoms with Crippen LogP contribution in [0, 0.1) is 16.0 Å². The van der Waals surface area contributed by atoms with Crippen molar-refractivity contribution in [1.82, 2.24) is 4.31 Å². The lowest BCUT2D eigenvalue weighted by molar-refractivity contribution is -0.384. The highest BCUT2D eigenvalue weighted by molar-refractivity contribution is 7.88. The van der Waals surface area contributed by atoms with E-state index in [1.165, 1.54) is 32.3 Å². The largest absolute Gasteiger partial charge is 0.457 e. The number of hydrogen-bond donors (Lipinski definition) is 0. The average Bonchev–Trinajstić information content (AvgIpc) is 3.22. The molecule has 0 unspecified atom stereocenters. The average molecular weight is 437 g/mol. The minimum absolute atomic E-state index is 0.0415. The molecule has 2 aromatic rings. The van der Waals surface area contributed by atoms with E-state index in [1.54, 1.807) is 18.2 Å². The van der Waals surface area contributed by atoms with Crippen molar-refractivity contribution in [1.29, 1.82) is 0 Å². The van der Waals surface area contributed by atoms with E-state index in [0.717, 1.165) is 4.31 Å². The third-order valence-electron chi connectivity index (χ3n) is 4.98. The molecule has 1 aromatic heterocycles. The molecule has 11 heteroatoms. The Morgan fingerprint density at radius 1 is 1.23 bits per heavy atom. The van der Waals surface area contributed by atoms with Gasteiger partial charge in [-0.2, -0.15) is 0 Å². The number of esters is 1. The van der Waals surface area contributed by atoms with E-state index in [0.29, 0.717) is 31.6 Å². The molecule has 0 bridgehead atoms. The zero-order valence-corrected chi connectivity index (χ0v) is 17.5. The van der Waals surface area contributed by atoms with Crippen molar-refractivity contribution in [3.05, 3.63) is 52.3 Å². The van der Waals surface area contributed by atoms with Gasteiger partial charge in [0.15, 0.2) is 0 Å². The molecule has 3 rings (SSSR count). The summed E-state index contributed by atoms with van der Waals surface area (Å²) in [6, 6.07) is 9.31. The number of hydrogen-bond acceptors (Lipinski definition) is 8. The van der Waals surface area contributed by atoms with Gasteiger partial charge in [0.25, 0.3) is 15.7 Å². The van der Waals surface area contributed by atoms with E-state index in [2.05, 4.69) is 0 Å². The van der Waals surface area contributed by atoms with Crippen LogP contribution in [0.2, 0.25) is 0 Å². The number of sulfonamides is 1. The van der Waals surface area contributed by atoms with E-state index in [4.69, 9.17) is 9.15 Å². The second-order valence-corrected chi connectivity index (χ2v) is 9.21. The maximum absolute atomic E-state index is 12.4. The van der Waals surface area contributed by atoms with Gasteiger partial charge in [-0.3, -0.25) is 14.9 Å². The van der Waals surface area contributed by atoms with E-state index in [-0.39, 0.29) is 29.1 Å². The Labute approximate surface area is 174 Å². The molecule has 1 saturated heterocycles. The van der Waals surface area contributed by atoms with E-state index >= 15 is 0 Å². The van der Waals surface area contributed by atoms with Gasteiger partial charge < -0.3 is 14.1 Å². The Kier molecular flexibility index (Phi) is 6.42. The highest BCUT2D eigenvalue weighted by atomic mass is 32.2. The fraction of sp³-hybridized carbons (Fsp3) is 0.421. The summed E-state index contributed by atoms with van der Waals surface area (Å²) in [5.41, 5.74) is 0.583. The highest BCUT2D eigenvalue weighted by Crippen LogP contribution is 2.31. The van der Waals surface area contributed by atoms with Crippen LogP contribution in [0.4, 0.5) is 11.4 Å². The number of anilines is 1. The standard InChI is InChI=1S/C19H23N3O7S/c1-20(2)30(26,27)18-8-7-15(29-18)13-28-19(23)14-9-11-21(12-10-14)16-5-3-4-6-17(16)22(24)25/h3-8,14H,9-13H2,1-2H3. The summed E-state index contributed by atoms with van der Waals surface area (Å²) < 4.78 is 35.6. The molecule has 2 heterocycles. The fourth-order valence-electron chi connectivity index (χ4n) is 3.26. The van der Waals surface area contributed by atoms with Gasteiger partial charge in [-0.25, -0.2) is 12.7 Å². The van der Waals surface area contributed by atoms with Crippen molar-refractivity contribution in [2.45, 2.75) is 24.5 Å². The summed E-state index contributed by atoms with van der Waals surface area (Å²) >= 11 is 0. The minimum atomic E-state index is -3.68. The van der Waals surface area contributed by atoms with Gasteiger partial charge in [-0.05, 0) is 31.0 Å². The molecular weight excluding hydrogens is 414 g/mol. The number of furan rings is 1. The van der Waals surface area contributed by atoms with Crippen LogP contribution in [0.3, 0.4) is 0 Å². The summed E-state index contributed by atoms with van der Waals surface area (Å²) in [5.74, 6) is -0.490. The van der Waals surface area contributed by atoms with Gasteiger partial charge in [0.05, 0.1) is 10.8 Å². The lowest BCUT2D eigenvalue weighted by atomic mass is 9.96. The highest BCUT2D eigenvalue weighted by Gasteiger charge is 2.29. The smallest absolute Gasteiger partial charge is 0.309 e. The lowest BCUT2D eigenvalue weighted by Crippen LogP contribution is -2.37. The molecule has 1 fully saturated rings. The molecule has 1 aliphatic heterocycles. The number of rotatable bonds is 7. The van der Waals surface area contributed by atoms with E-state index in [1.807, 2.05) is 4.90 Å². The normalized spacial score (nSPS) is 15.4. The Morgan fingerprint density at radius 2 is 1.90 bits per heavy atom. The summed E-state index contributed by atoms with van der Waals surface area (Å²) in [4.78, 5) is 25.1. The van der Waals surface area contributed by atoms with Gasteiger partial charge in [-0.1, -0.05) is 12.1 Å². The number of nitro benzene ring substituents is 1. The molecule has 0 saturated carbocycles. The number of piperidine rings is 1. The van der Waals surface area contributed by atoms with Crippen LogP contribution in [0.1, 0.15) is 18.6 Å². The van der Waals surface area contributed by atoms with Crippen molar-refractivity contribution in [3.63, 3.8) is 0 Å². The third-order valence-corrected chi connectivity index (χ3v) is 6.67. The quantitative estimate of drug-likeness (QED) is 0.367. The molecular formula is C19H23N3O7S. The zero-order chi connectivity index (χ0) is 21.9. The third kappa shape index (κ3) is 4.62. The second kappa shape index (κ2) is 8.84. The SMILES string of the molecule is CN(C)S(=O)(=O)c1ccc(COC(=O)C2CCN(c3ccccc3[N+](=O)[O-])CC2)o1. The number of para-hydroxylation sites is 2. The molecule has 0 amide bonds. The van der Waals surface area contributed by atoms with Crippen LogP contribution in [-0.4, -0.2) is 50.8 Å². The van der Waals surface area contributed by atoms with Crippen molar-refractivity contribution in [2.24, 2.45) is 5.92 Å². The summed E-state index contributed by atoms with van der Waals surface area (Å²) in [7, 11) is -0.891. The lowest BCUT2D eigenvalue weighted by Gasteiger charge is -2.32. The van der Waals surface area contributed by atoms with Gasteiger partial charge in [0, 0.05) is 33.3 Å². The molecule has 162 valence electrons. The predicted octanol–water partition coefficient (Wildman–Crippen LogP) is 2.40. The maximum Gasteiger partial charge on any atom is 0.309 e. The van der Waals surface area contributed by atoms with Crippen LogP contribution >= 0.6 is 0 Å². The van der Waals surface area contributed by atoms with Crippen LogP contribution in [-0.2, 0) is 26.2 Å². The Bertz CT molecular complexity index is 1020. The van der Waals surface area contributed by atoms with Gasteiger partial charge in [0.2, 0.25) is 5.09 Å². The van der Waals surface area contributed by atoms with Crippen LogP contribution in [0.15, 0.2) is 45.9 Å². The monoisotopic (exact) mass is 437 g/mol. The first-order chi connectivity index (χ1) is 14.2. The maximum atomic E-state index is 12.4. The number of nitrogens with zero attached hydrogens (tertiary/aromatic N) is 3. The molecule has 30 heavy (non-hydrogen) atoms. The second-order valence-electron chi connectivity index (χ2n) is 7.12. The molecule has 0 N–H and O–H groups in total. The summed E-state index contributed by atoms with van der Waals surface area (Å²) in [6.07, 6.45) is 1.01. The first-order valence-corrected chi connectivity index (χ1v) is 10.8. The minimum Gasteiger partial charge on any atom is -0.457 e. The molecule has 0 atom stereocenters. The summed E-state index contributed by atoms with van der Waals surface area (Å²) in [6.45, 7) is 0.833.